The van der Waals surface area contributed by atoms with Gasteiger partial charge in [-0.15, -0.1) is 0 Å². The van der Waals surface area contributed by atoms with Gasteiger partial charge in [-0.3, -0.25) is 4.79 Å². The van der Waals surface area contributed by atoms with Crippen LogP contribution in [0.3, 0.4) is 0 Å². The predicted octanol–water partition coefficient (Wildman–Crippen LogP) is 2.58. The molecule has 1 aromatic heterocycles. The maximum absolute atomic E-state index is 12.3. The highest BCUT2D eigenvalue weighted by Crippen LogP contribution is 2.15. The van der Waals surface area contributed by atoms with Crippen molar-refractivity contribution in [1.29, 1.82) is 0 Å². The summed E-state index contributed by atoms with van der Waals surface area (Å²) in [5, 5.41) is 2.80. The monoisotopic (exact) mass is 369 g/mol. The third-order valence-electron chi connectivity index (χ3n) is 3.14. The molecule has 1 aliphatic rings. The van der Waals surface area contributed by atoms with Crippen LogP contribution in [-0.4, -0.2) is 46.6 Å². The molecule has 2 rings (SSSR count). The molecule has 0 radical (unpaired) electrons. The molecule has 1 aliphatic heterocycles. The van der Waals surface area contributed by atoms with Gasteiger partial charge < -0.3 is 15.0 Å². The number of hydrogen-bond donors (Lipinski definition) is 1. The molecule has 7 heteroatoms. The second-order valence-corrected chi connectivity index (χ2v) is 7.16. The van der Waals surface area contributed by atoms with E-state index in [9.17, 15) is 9.59 Å². The lowest BCUT2D eigenvalue weighted by Gasteiger charge is -2.22. The Labute approximate surface area is 138 Å². The molecule has 0 aliphatic carbocycles. The minimum absolute atomic E-state index is 0.0887. The summed E-state index contributed by atoms with van der Waals surface area (Å²) in [6.07, 6.45) is 1.86. The second-order valence-electron chi connectivity index (χ2n) is 6.24. The van der Waals surface area contributed by atoms with Gasteiger partial charge in [-0.25, -0.2) is 9.78 Å². The van der Waals surface area contributed by atoms with Crippen LogP contribution < -0.4 is 5.32 Å². The lowest BCUT2D eigenvalue weighted by Crippen LogP contribution is -2.41. The molecule has 1 atom stereocenters. The van der Waals surface area contributed by atoms with E-state index in [2.05, 4.69) is 26.2 Å². The average molecular weight is 370 g/mol. The van der Waals surface area contributed by atoms with Gasteiger partial charge in [-0.05, 0) is 55.3 Å². The van der Waals surface area contributed by atoms with Crippen molar-refractivity contribution < 1.29 is 14.3 Å². The van der Waals surface area contributed by atoms with E-state index >= 15 is 0 Å². The Kier molecular flexibility index (Phi) is 5.05. The zero-order valence-electron chi connectivity index (χ0n) is 12.9. The van der Waals surface area contributed by atoms with Crippen LogP contribution in [-0.2, 0) is 4.74 Å². The molecule has 0 spiro atoms. The summed E-state index contributed by atoms with van der Waals surface area (Å²) in [5.41, 5.74) is -0.124. The normalized spacial score (nSPS) is 18.2. The largest absolute Gasteiger partial charge is 0.444 e. The van der Waals surface area contributed by atoms with E-state index in [4.69, 9.17) is 4.74 Å². The summed E-state index contributed by atoms with van der Waals surface area (Å²) in [5.74, 6) is -0.124. The van der Waals surface area contributed by atoms with Gasteiger partial charge in [0.1, 0.15) is 11.3 Å². The number of halogens is 1. The van der Waals surface area contributed by atoms with Crippen LogP contribution in [0.2, 0.25) is 0 Å². The van der Waals surface area contributed by atoms with E-state index in [1.807, 2.05) is 20.8 Å². The third-order valence-corrected chi connectivity index (χ3v) is 3.61. The standard InChI is InChI=1S/C15H20BrN3O3/c1-15(2,3)22-14(21)18-11-6-7-19(9-11)13(20)12-5-4-10(16)8-17-12/h4-5,8,11H,6-7,9H2,1-3H3,(H,18,21)/t11-/m1/s1. The predicted molar refractivity (Wildman–Crippen MR) is 85.6 cm³/mol. The number of nitrogens with zero attached hydrogens (tertiary/aromatic N) is 2. The first-order chi connectivity index (χ1) is 10.2. The van der Waals surface area contributed by atoms with Crippen molar-refractivity contribution in [3.63, 3.8) is 0 Å². The molecule has 0 aromatic carbocycles. The molecular formula is C15H20BrN3O3. The Bertz CT molecular complexity index is 554. The van der Waals surface area contributed by atoms with E-state index in [1.165, 1.54) is 0 Å². The second kappa shape index (κ2) is 6.64. The Balaban J connectivity index is 1.88. The Morgan fingerprint density at radius 1 is 1.41 bits per heavy atom. The number of amides is 2. The van der Waals surface area contributed by atoms with Crippen molar-refractivity contribution in [1.82, 2.24) is 15.2 Å². The van der Waals surface area contributed by atoms with Crippen LogP contribution in [0.4, 0.5) is 4.79 Å². The van der Waals surface area contributed by atoms with Gasteiger partial charge in [-0.2, -0.15) is 0 Å². The molecule has 0 saturated carbocycles. The molecule has 2 heterocycles. The molecule has 1 aromatic rings. The first kappa shape index (κ1) is 16.7. The van der Waals surface area contributed by atoms with Gasteiger partial charge in [0.05, 0.1) is 6.04 Å². The lowest BCUT2D eigenvalue weighted by atomic mass is 10.2. The number of aromatic nitrogens is 1. The number of alkyl carbamates (subject to hydrolysis) is 1. The smallest absolute Gasteiger partial charge is 0.407 e. The Morgan fingerprint density at radius 3 is 2.73 bits per heavy atom. The van der Waals surface area contributed by atoms with Crippen LogP contribution >= 0.6 is 15.9 Å². The van der Waals surface area contributed by atoms with Crippen molar-refractivity contribution >= 4 is 27.9 Å². The van der Waals surface area contributed by atoms with E-state index in [1.54, 1.807) is 23.2 Å². The highest BCUT2D eigenvalue weighted by molar-refractivity contribution is 9.10. The van der Waals surface area contributed by atoms with Gasteiger partial charge in [-0.1, -0.05) is 0 Å². The Morgan fingerprint density at radius 2 is 2.14 bits per heavy atom. The van der Waals surface area contributed by atoms with Crippen molar-refractivity contribution in [3.05, 3.63) is 28.5 Å². The molecule has 6 nitrogen and oxygen atoms in total. The van der Waals surface area contributed by atoms with Crippen molar-refractivity contribution in [2.45, 2.75) is 38.8 Å². The highest BCUT2D eigenvalue weighted by Gasteiger charge is 2.29. The number of hydrogen-bond acceptors (Lipinski definition) is 4. The first-order valence-corrected chi connectivity index (χ1v) is 7.94. The molecule has 2 amide bonds. The third kappa shape index (κ3) is 4.69. The highest BCUT2D eigenvalue weighted by atomic mass is 79.9. The van der Waals surface area contributed by atoms with Gasteiger partial charge in [0, 0.05) is 23.8 Å². The fourth-order valence-corrected chi connectivity index (χ4v) is 2.44. The molecular weight excluding hydrogens is 350 g/mol. The van der Waals surface area contributed by atoms with Crippen molar-refractivity contribution in [2.24, 2.45) is 0 Å². The molecule has 120 valence electrons. The van der Waals surface area contributed by atoms with E-state index in [0.717, 1.165) is 4.47 Å². The molecule has 1 saturated heterocycles. The topological polar surface area (TPSA) is 71.5 Å². The van der Waals surface area contributed by atoms with Gasteiger partial charge in [0.25, 0.3) is 5.91 Å². The van der Waals surface area contributed by atoms with Crippen molar-refractivity contribution in [3.8, 4) is 0 Å². The fourth-order valence-electron chi connectivity index (χ4n) is 2.20. The number of likely N-dealkylation sites (tertiary alicyclic amines) is 1. The number of carbonyl (C=O) groups is 2. The zero-order chi connectivity index (χ0) is 16.3. The first-order valence-electron chi connectivity index (χ1n) is 7.15. The quantitative estimate of drug-likeness (QED) is 0.869. The van der Waals surface area contributed by atoms with Gasteiger partial charge in [0.15, 0.2) is 0 Å². The lowest BCUT2D eigenvalue weighted by molar-refractivity contribution is 0.0502. The number of ether oxygens (including phenoxy) is 1. The molecule has 0 bridgehead atoms. The number of carbonyl (C=O) groups excluding carboxylic acids is 2. The maximum atomic E-state index is 12.3. The van der Waals surface area contributed by atoms with E-state index in [0.29, 0.717) is 25.2 Å². The minimum atomic E-state index is -0.528. The van der Waals surface area contributed by atoms with Gasteiger partial charge >= 0.3 is 6.09 Å². The van der Waals surface area contributed by atoms with Crippen LogP contribution in [0, 0.1) is 0 Å². The minimum Gasteiger partial charge on any atom is -0.444 e. The summed E-state index contributed by atoms with van der Waals surface area (Å²) in [7, 11) is 0. The molecule has 0 unspecified atom stereocenters. The van der Waals surface area contributed by atoms with Crippen molar-refractivity contribution in [2.75, 3.05) is 13.1 Å². The van der Waals surface area contributed by atoms with Gasteiger partial charge in [0.2, 0.25) is 0 Å². The summed E-state index contributed by atoms with van der Waals surface area (Å²) in [4.78, 5) is 29.9. The number of rotatable bonds is 2. The molecule has 22 heavy (non-hydrogen) atoms. The van der Waals surface area contributed by atoms with E-state index in [-0.39, 0.29) is 11.9 Å². The molecule has 1 fully saturated rings. The summed E-state index contributed by atoms with van der Waals surface area (Å²) in [6.45, 7) is 6.51. The SMILES string of the molecule is CC(C)(C)OC(=O)N[C@@H]1CCN(C(=O)c2ccc(Br)cn2)C1. The molecule has 1 N–H and O–H groups in total. The zero-order valence-corrected chi connectivity index (χ0v) is 14.5. The average Bonchev–Trinajstić information content (AvgIpc) is 2.85. The number of pyridine rings is 1. The van der Waals surface area contributed by atoms with Crippen LogP contribution in [0.25, 0.3) is 0 Å². The van der Waals surface area contributed by atoms with E-state index < -0.39 is 11.7 Å². The maximum Gasteiger partial charge on any atom is 0.407 e. The van der Waals surface area contributed by atoms with Crippen LogP contribution in [0.1, 0.15) is 37.7 Å². The number of nitrogens with one attached hydrogen (secondary N) is 1. The Hall–Kier alpha value is -1.63. The van der Waals surface area contributed by atoms with Crippen LogP contribution in [0.15, 0.2) is 22.8 Å². The summed E-state index contributed by atoms with van der Waals surface area (Å²) in [6, 6.07) is 3.38. The van der Waals surface area contributed by atoms with Crippen LogP contribution in [0.5, 0.6) is 0 Å². The summed E-state index contributed by atoms with van der Waals surface area (Å²) < 4.78 is 6.05. The summed E-state index contributed by atoms with van der Waals surface area (Å²) >= 11 is 3.29. The fraction of sp³-hybridized carbons (Fsp3) is 0.533.